The average molecular weight is 470 g/mol. The van der Waals surface area contributed by atoms with Gasteiger partial charge in [0.15, 0.2) is 11.5 Å². The molecule has 0 atom stereocenters. The second kappa shape index (κ2) is 11.6. The first-order valence-electron chi connectivity index (χ1n) is 10.3. The van der Waals surface area contributed by atoms with Crippen molar-refractivity contribution in [1.29, 1.82) is 0 Å². The second-order valence-electron chi connectivity index (χ2n) is 6.97. The van der Waals surface area contributed by atoms with E-state index in [4.69, 9.17) is 23.6 Å². The van der Waals surface area contributed by atoms with Gasteiger partial charge < -0.3 is 23.6 Å². The molecule has 1 heterocycles. The third-order valence-electron chi connectivity index (χ3n) is 4.53. The third kappa shape index (κ3) is 6.18. The standard InChI is InChI=1S/C24H23FN2O7/c1-4-9-33-26-21(22-13-20(27-34-22)15-5-7-18(25)8-6-15)14-32-19-11-16(23(28)30-2)10-17(12-19)24(29)31-3/h5-8,10-13H,4,9,14H2,1-3H3/b26-21+. The van der Waals surface area contributed by atoms with Gasteiger partial charge in [-0.3, -0.25) is 0 Å². The highest BCUT2D eigenvalue weighted by molar-refractivity contribution is 6.00. The maximum Gasteiger partial charge on any atom is 0.338 e. The van der Waals surface area contributed by atoms with Gasteiger partial charge in [-0.2, -0.15) is 0 Å². The van der Waals surface area contributed by atoms with Crippen molar-refractivity contribution in [2.24, 2.45) is 5.16 Å². The van der Waals surface area contributed by atoms with Gasteiger partial charge in [-0.05, 0) is 48.9 Å². The van der Waals surface area contributed by atoms with Crippen molar-refractivity contribution in [3.8, 4) is 17.0 Å². The Morgan fingerprint density at radius 3 is 2.24 bits per heavy atom. The SMILES string of the molecule is CCCO/N=C(\COc1cc(C(=O)OC)cc(C(=O)OC)c1)c1cc(-c2ccc(F)cc2)no1. The number of carbonyl (C=O) groups excluding carboxylic acids is 2. The third-order valence-corrected chi connectivity index (χ3v) is 4.53. The normalized spacial score (nSPS) is 11.1. The van der Waals surface area contributed by atoms with E-state index in [0.717, 1.165) is 6.42 Å². The van der Waals surface area contributed by atoms with Gasteiger partial charge in [0.2, 0.25) is 0 Å². The Morgan fingerprint density at radius 2 is 1.65 bits per heavy atom. The molecule has 0 N–H and O–H groups in total. The lowest BCUT2D eigenvalue weighted by Gasteiger charge is -2.10. The van der Waals surface area contributed by atoms with Crippen LogP contribution >= 0.6 is 0 Å². The minimum atomic E-state index is -0.644. The summed E-state index contributed by atoms with van der Waals surface area (Å²) in [4.78, 5) is 29.3. The molecule has 9 nitrogen and oxygen atoms in total. The summed E-state index contributed by atoms with van der Waals surface area (Å²) in [6.07, 6.45) is 0.735. The molecule has 0 unspecified atom stereocenters. The molecule has 178 valence electrons. The second-order valence-corrected chi connectivity index (χ2v) is 6.97. The van der Waals surface area contributed by atoms with Crippen LogP contribution in [0.4, 0.5) is 4.39 Å². The van der Waals surface area contributed by atoms with E-state index < -0.39 is 11.9 Å². The number of nitrogens with zero attached hydrogens (tertiary/aromatic N) is 2. The number of hydrogen-bond acceptors (Lipinski definition) is 9. The number of ether oxygens (including phenoxy) is 3. The van der Waals surface area contributed by atoms with E-state index in [-0.39, 0.29) is 40.8 Å². The molecule has 10 heteroatoms. The van der Waals surface area contributed by atoms with Crippen molar-refractivity contribution in [2.75, 3.05) is 27.4 Å². The van der Waals surface area contributed by atoms with E-state index in [1.807, 2.05) is 6.92 Å². The van der Waals surface area contributed by atoms with Gasteiger partial charge in [0.05, 0.1) is 25.3 Å². The summed E-state index contributed by atoms with van der Waals surface area (Å²) in [7, 11) is 2.46. The number of esters is 2. The van der Waals surface area contributed by atoms with Crippen LogP contribution in [0.15, 0.2) is 58.2 Å². The van der Waals surface area contributed by atoms with E-state index in [2.05, 4.69) is 10.3 Å². The largest absolute Gasteiger partial charge is 0.487 e. The number of hydrogen-bond donors (Lipinski definition) is 0. The van der Waals surface area contributed by atoms with Crippen molar-refractivity contribution in [3.63, 3.8) is 0 Å². The summed E-state index contributed by atoms with van der Waals surface area (Å²) in [5.41, 5.74) is 1.62. The number of benzene rings is 2. The highest BCUT2D eigenvalue weighted by Crippen LogP contribution is 2.22. The van der Waals surface area contributed by atoms with E-state index in [1.165, 1.54) is 44.6 Å². The Morgan fingerprint density at radius 1 is 1.00 bits per heavy atom. The molecule has 0 bridgehead atoms. The fourth-order valence-electron chi connectivity index (χ4n) is 2.83. The number of oxime groups is 1. The monoisotopic (exact) mass is 470 g/mol. The molecular formula is C24H23FN2O7. The first-order valence-corrected chi connectivity index (χ1v) is 10.3. The van der Waals surface area contributed by atoms with Gasteiger partial charge in [0, 0.05) is 11.6 Å². The van der Waals surface area contributed by atoms with Crippen LogP contribution in [0.1, 0.15) is 39.8 Å². The predicted molar refractivity (Wildman–Crippen MR) is 119 cm³/mol. The summed E-state index contributed by atoms with van der Waals surface area (Å²) in [5.74, 6) is -1.18. The first kappa shape index (κ1) is 24.4. The van der Waals surface area contributed by atoms with Gasteiger partial charge in [-0.15, -0.1) is 0 Å². The van der Waals surface area contributed by atoms with Crippen LogP contribution in [0, 0.1) is 5.82 Å². The van der Waals surface area contributed by atoms with Gasteiger partial charge in [-0.1, -0.05) is 17.2 Å². The lowest BCUT2D eigenvalue weighted by Crippen LogP contribution is -2.14. The van der Waals surface area contributed by atoms with E-state index in [0.29, 0.717) is 17.9 Å². The van der Waals surface area contributed by atoms with Crippen LogP contribution in [0.5, 0.6) is 5.75 Å². The van der Waals surface area contributed by atoms with Crippen LogP contribution in [0.25, 0.3) is 11.3 Å². The molecule has 3 aromatic rings. The Balaban J connectivity index is 1.86. The van der Waals surface area contributed by atoms with Gasteiger partial charge in [-0.25, -0.2) is 14.0 Å². The van der Waals surface area contributed by atoms with Crippen molar-refractivity contribution < 1.29 is 37.6 Å². The summed E-state index contributed by atoms with van der Waals surface area (Å²) in [6.45, 7) is 2.17. The van der Waals surface area contributed by atoms with E-state index >= 15 is 0 Å². The van der Waals surface area contributed by atoms with Crippen LogP contribution in [-0.2, 0) is 14.3 Å². The number of halogens is 1. The zero-order valence-corrected chi connectivity index (χ0v) is 18.9. The molecule has 0 aliphatic carbocycles. The number of carbonyl (C=O) groups is 2. The fraction of sp³-hybridized carbons (Fsp3) is 0.250. The molecule has 0 radical (unpaired) electrons. The Kier molecular flexibility index (Phi) is 8.33. The zero-order valence-electron chi connectivity index (χ0n) is 18.9. The van der Waals surface area contributed by atoms with Crippen molar-refractivity contribution in [1.82, 2.24) is 5.16 Å². The summed E-state index contributed by atoms with van der Waals surface area (Å²) in [5, 5.41) is 8.09. The summed E-state index contributed by atoms with van der Waals surface area (Å²) < 4.78 is 33.9. The minimum absolute atomic E-state index is 0.111. The summed E-state index contributed by atoms with van der Waals surface area (Å²) >= 11 is 0. The van der Waals surface area contributed by atoms with E-state index in [9.17, 15) is 14.0 Å². The molecule has 0 aliphatic heterocycles. The van der Waals surface area contributed by atoms with E-state index in [1.54, 1.807) is 18.2 Å². The van der Waals surface area contributed by atoms with Crippen LogP contribution < -0.4 is 4.74 Å². The maximum atomic E-state index is 13.2. The zero-order chi connectivity index (χ0) is 24.5. The minimum Gasteiger partial charge on any atom is -0.487 e. The quantitative estimate of drug-likeness (QED) is 0.187. The lowest BCUT2D eigenvalue weighted by atomic mass is 10.1. The van der Waals surface area contributed by atoms with Gasteiger partial charge in [0.1, 0.15) is 30.5 Å². The molecule has 0 aliphatic rings. The van der Waals surface area contributed by atoms with Crippen LogP contribution in [0.2, 0.25) is 0 Å². The highest BCUT2D eigenvalue weighted by Gasteiger charge is 2.18. The lowest BCUT2D eigenvalue weighted by molar-refractivity contribution is 0.0598. The van der Waals surface area contributed by atoms with Crippen molar-refractivity contribution >= 4 is 17.7 Å². The Bertz CT molecular complexity index is 1140. The molecule has 0 saturated heterocycles. The van der Waals surface area contributed by atoms with Crippen LogP contribution in [0.3, 0.4) is 0 Å². The van der Waals surface area contributed by atoms with Crippen LogP contribution in [-0.4, -0.2) is 50.2 Å². The molecule has 0 saturated carbocycles. The smallest absolute Gasteiger partial charge is 0.338 e. The molecule has 0 amide bonds. The molecule has 34 heavy (non-hydrogen) atoms. The number of aromatic nitrogens is 1. The topological polar surface area (TPSA) is 109 Å². The Hall–Kier alpha value is -4.21. The molecule has 1 aromatic heterocycles. The molecule has 2 aromatic carbocycles. The summed E-state index contributed by atoms with van der Waals surface area (Å²) in [6, 6.07) is 11.6. The maximum absolute atomic E-state index is 13.2. The number of rotatable bonds is 10. The fourth-order valence-corrected chi connectivity index (χ4v) is 2.83. The first-order chi connectivity index (χ1) is 16.4. The van der Waals surface area contributed by atoms with Gasteiger partial charge >= 0.3 is 11.9 Å². The molecule has 0 spiro atoms. The number of methoxy groups -OCH3 is 2. The van der Waals surface area contributed by atoms with Crippen molar-refractivity contribution in [3.05, 3.63) is 71.2 Å². The molecule has 3 rings (SSSR count). The molecular weight excluding hydrogens is 447 g/mol. The predicted octanol–water partition coefficient (Wildman–Crippen LogP) is 4.26. The Labute approximate surface area is 195 Å². The molecule has 0 fully saturated rings. The van der Waals surface area contributed by atoms with Gasteiger partial charge in [0.25, 0.3) is 0 Å². The highest BCUT2D eigenvalue weighted by atomic mass is 19.1. The van der Waals surface area contributed by atoms with Crippen molar-refractivity contribution in [2.45, 2.75) is 13.3 Å². The average Bonchev–Trinajstić information content (AvgIpc) is 3.35.